The zero-order valence-electron chi connectivity index (χ0n) is 9.04. The van der Waals surface area contributed by atoms with Gasteiger partial charge >= 0.3 is 0 Å². The van der Waals surface area contributed by atoms with E-state index < -0.39 is 17.5 Å². The van der Waals surface area contributed by atoms with Crippen molar-refractivity contribution in [1.82, 2.24) is 4.98 Å². The summed E-state index contributed by atoms with van der Waals surface area (Å²) in [6, 6.07) is 4.86. The molecule has 0 aliphatic carbocycles. The van der Waals surface area contributed by atoms with Gasteiger partial charge in [-0.05, 0) is 29.3 Å². The van der Waals surface area contributed by atoms with Crippen molar-refractivity contribution in [2.45, 2.75) is 0 Å². The van der Waals surface area contributed by atoms with Crippen molar-refractivity contribution < 1.29 is 13.6 Å². The Morgan fingerprint density at radius 1 is 1.22 bits per heavy atom. The van der Waals surface area contributed by atoms with Crippen LogP contribution in [0.5, 0.6) is 0 Å². The van der Waals surface area contributed by atoms with E-state index in [-0.39, 0.29) is 10.2 Å². The summed E-state index contributed by atoms with van der Waals surface area (Å²) in [6.45, 7) is 0. The maximum absolute atomic E-state index is 13.2. The highest BCUT2D eigenvalue weighted by Crippen LogP contribution is 2.25. The maximum Gasteiger partial charge on any atom is 0.252 e. The van der Waals surface area contributed by atoms with Gasteiger partial charge in [-0.15, -0.1) is 0 Å². The fourth-order valence-corrected chi connectivity index (χ4v) is 1.91. The molecule has 0 radical (unpaired) electrons. The van der Waals surface area contributed by atoms with E-state index in [4.69, 9.17) is 18.0 Å². The fraction of sp³-hybridized carbons (Fsp3) is 0. The van der Waals surface area contributed by atoms with Gasteiger partial charge in [-0.3, -0.25) is 4.79 Å². The minimum absolute atomic E-state index is 0.0820. The molecule has 92 valence electrons. The van der Waals surface area contributed by atoms with Crippen molar-refractivity contribution in [2.24, 2.45) is 5.73 Å². The number of carbonyl (C=O) groups is 1. The van der Waals surface area contributed by atoms with Crippen LogP contribution < -0.4 is 5.73 Å². The third-order valence-electron chi connectivity index (χ3n) is 2.44. The van der Waals surface area contributed by atoms with Crippen LogP contribution in [-0.2, 0) is 0 Å². The molecule has 1 amide bonds. The minimum Gasteiger partial charge on any atom is -0.365 e. The van der Waals surface area contributed by atoms with Crippen LogP contribution in [0.1, 0.15) is 10.4 Å². The van der Waals surface area contributed by atoms with Crippen LogP contribution in [0, 0.1) is 16.3 Å². The van der Waals surface area contributed by atoms with Crippen LogP contribution in [0.3, 0.4) is 0 Å². The maximum atomic E-state index is 13.2. The van der Waals surface area contributed by atoms with E-state index in [9.17, 15) is 13.6 Å². The summed E-state index contributed by atoms with van der Waals surface area (Å²) in [7, 11) is 0. The summed E-state index contributed by atoms with van der Waals surface area (Å²) in [5, 5.41) is 0. The van der Waals surface area contributed by atoms with Crippen LogP contribution in [0.25, 0.3) is 11.1 Å². The lowest BCUT2D eigenvalue weighted by Gasteiger charge is -2.07. The van der Waals surface area contributed by atoms with Gasteiger partial charge in [0.25, 0.3) is 5.91 Å². The van der Waals surface area contributed by atoms with Gasteiger partial charge in [0.1, 0.15) is 4.64 Å². The van der Waals surface area contributed by atoms with Crippen LogP contribution in [-0.4, -0.2) is 10.9 Å². The first-order valence-electron chi connectivity index (χ1n) is 4.97. The molecule has 1 aromatic heterocycles. The van der Waals surface area contributed by atoms with Crippen molar-refractivity contribution in [3.63, 3.8) is 0 Å². The Morgan fingerprint density at radius 2 is 1.94 bits per heavy atom. The molecule has 3 nitrogen and oxygen atoms in total. The molecule has 0 bridgehead atoms. The highest BCUT2D eigenvalue weighted by Gasteiger charge is 2.13. The second kappa shape index (κ2) is 4.66. The van der Waals surface area contributed by atoms with Crippen molar-refractivity contribution in [2.75, 3.05) is 0 Å². The molecule has 1 aromatic carbocycles. The topological polar surface area (TPSA) is 58.9 Å². The largest absolute Gasteiger partial charge is 0.365 e. The number of carbonyl (C=O) groups excluding carboxylic acids is 1. The molecule has 2 rings (SSSR count). The predicted molar refractivity (Wildman–Crippen MR) is 65.5 cm³/mol. The molecule has 3 N–H and O–H groups in total. The number of aromatic amines is 1. The summed E-state index contributed by atoms with van der Waals surface area (Å²) in [5.74, 6) is -2.68. The number of halogens is 2. The van der Waals surface area contributed by atoms with E-state index in [2.05, 4.69) is 4.98 Å². The molecule has 0 saturated carbocycles. The molecule has 0 aliphatic heterocycles. The normalized spacial score (nSPS) is 10.3. The number of primary amides is 1. The van der Waals surface area contributed by atoms with E-state index in [1.165, 1.54) is 18.3 Å². The second-order valence-corrected chi connectivity index (χ2v) is 4.00. The van der Waals surface area contributed by atoms with Crippen molar-refractivity contribution in [1.29, 1.82) is 0 Å². The highest BCUT2D eigenvalue weighted by atomic mass is 32.1. The van der Waals surface area contributed by atoms with Gasteiger partial charge in [-0.2, -0.15) is 0 Å². The third kappa shape index (κ3) is 2.14. The number of benzene rings is 1. The summed E-state index contributed by atoms with van der Waals surface area (Å²) >= 11 is 4.95. The summed E-state index contributed by atoms with van der Waals surface area (Å²) in [5.41, 5.74) is 6.01. The number of amides is 1. The second-order valence-electron chi connectivity index (χ2n) is 3.59. The number of rotatable bonds is 2. The number of pyridine rings is 1. The molecule has 0 aliphatic rings. The standard InChI is InChI=1S/C12H8F2N2OS/c13-8-2-1-6(5-9(8)14)7-3-4-16-12(18)10(7)11(15)17/h1-5H,(H2,15,17)(H,16,18). The molecular formula is C12H8F2N2OS. The zero-order chi connectivity index (χ0) is 13.3. The van der Waals surface area contributed by atoms with E-state index >= 15 is 0 Å². The molecule has 18 heavy (non-hydrogen) atoms. The molecular weight excluding hydrogens is 258 g/mol. The Hall–Kier alpha value is -2.08. The minimum atomic E-state index is -0.998. The molecule has 0 saturated heterocycles. The van der Waals surface area contributed by atoms with Crippen LogP contribution in [0.2, 0.25) is 0 Å². The smallest absolute Gasteiger partial charge is 0.252 e. The van der Waals surface area contributed by atoms with Gasteiger partial charge in [-0.1, -0.05) is 18.3 Å². The molecule has 2 aromatic rings. The number of hydrogen-bond donors (Lipinski definition) is 2. The van der Waals surface area contributed by atoms with Gasteiger partial charge in [0, 0.05) is 6.20 Å². The highest BCUT2D eigenvalue weighted by molar-refractivity contribution is 7.71. The number of hydrogen-bond acceptors (Lipinski definition) is 2. The summed E-state index contributed by atoms with van der Waals surface area (Å²) < 4.78 is 26.2. The average molecular weight is 266 g/mol. The Bertz CT molecular complexity index is 682. The van der Waals surface area contributed by atoms with Crippen LogP contribution in [0.4, 0.5) is 8.78 Å². The van der Waals surface area contributed by atoms with Gasteiger partial charge in [0.05, 0.1) is 5.56 Å². The SMILES string of the molecule is NC(=O)c1c(-c2ccc(F)c(F)c2)cc[nH]c1=S. The van der Waals surface area contributed by atoms with Crippen LogP contribution in [0.15, 0.2) is 30.5 Å². The van der Waals surface area contributed by atoms with E-state index in [0.29, 0.717) is 11.1 Å². The first-order chi connectivity index (χ1) is 8.50. The first kappa shape index (κ1) is 12.4. The van der Waals surface area contributed by atoms with E-state index in [1.54, 1.807) is 0 Å². The molecule has 0 unspecified atom stereocenters. The van der Waals surface area contributed by atoms with E-state index in [1.807, 2.05) is 0 Å². The molecule has 1 heterocycles. The fourth-order valence-electron chi connectivity index (χ4n) is 1.63. The van der Waals surface area contributed by atoms with Crippen LogP contribution >= 0.6 is 12.2 Å². The number of nitrogens with two attached hydrogens (primary N) is 1. The quantitative estimate of drug-likeness (QED) is 0.821. The van der Waals surface area contributed by atoms with Gasteiger partial charge in [-0.25, -0.2) is 8.78 Å². The molecule has 0 spiro atoms. The number of aromatic nitrogens is 1. The van der Waals surface area contributed by atoms with Gasteiger partial charge in [0.15, 0.2) is 11.6 Å². The van der Waals surface area contributed by atoms with Crippen molar-refractivity contribution in [3.8, 4) is 11.1 Å². The third-order valence-corrected chi connectivity index (χ3v) is 2.76. The van der Waals surface area contributed by atoms with Gasteiger partial charge in [0.2, 0.25) is 0 Å². The lowest BCUT2D eigenvalue weighted by Crippen LogP contribution is -2.13. The predicted octanol–water partition coefficient (Wildman–Crippen LogP) is 2.79. The summed E-state index contributed by atoms with van der Waals surface area (Å²) in [4.78, 5) is 14.0. The van der Waals surface area contributed by atoms with Crippen molar-refractivity contribution >= 4 is 18.1 Å². The summed E-state index contributed by atoms with van der Waals surface area (Å²) in [6.07, 6.45) is 1.51. The average Bonchev–Trinajstić information content (AvgIpc) is 2.32. The molecule has 0 atom stereocenters. The Labute approximate surface area is 106 Å². The monoisotopic (exact) mass is 266 g/mol. The van der Waals surface area contributed by atoms with Gasteiger partial charge < -0.3 is 10.7 Å². The first-order valence-corrected chi connectivity index (χ1v) is 5.38. The number of nitrogens with one attached hydrogen (secondary N) is 1. The molecule has 0 fully saturated rings. The number of H-pyrrole nitrogens is 1. The zero-order valence-corrected chi connectivity index (χ0v) is 9.85. The molecule has 6 heteroatoms. The Balaban J connectivity index is 2.71. The Kier molecular flexibility index (Phi) is 3.20. The lowest BCUT2D eigenvalue weighted by molar-refractivity contribution is 0.1000. The Morgan fingerprint density at radius 3 is 2.56 bits per heavy atom. The van der Waals surface area contributed by atoms with E-state index in [0.717, 1.165) is 12.1 Å². The van der Waals surface area contributed by atoms with Crippen molar-refractivity contribution in [3.05, 3.63) is 52.3 Å². The lowest BCUT2D eigenvalue weighted by atomic mass is 10.0.